The summed E-state index contributed by atoms with van der Waals surface area (Å²) in [6.45, 7) is 1.45. The summed E-state index contributed by atoms with van der Waals surface area (Å²) in [5, 5.41) is 17.7. The molecule has 1 aromatic rings. The van der Waals surface area contributed by atoms with Gasteiger partial charge in [-0.1, -0.05) is 0 Å². The fourth-order valence-electron chi connectivity index (χ4n) is 2.04. The Balaban J connectivity index is 2.07. The van der Waals surface area contributed by atoms with Crippen molar-refractivity contribution in [1.29, 1.82) is 5.26 Å². The Morgan fingerprint density at radius 2 is 2.18 bits per heavy atom. The molecular weight excluding hydrogens is 216 g/mol. The lowest BCUT2D eigenvalue weighted by molar-refractivity contribution is 0.0782. The van der Waals surface area contributed by atoms with E-state index >= 15 is 0 Å². The topological polar surface area (TPSA) is 64.3 Å². The standard InChI is InChI=1S/C13H14N2O2/c14-7-10-1-3-12(4-2-10)13(17)15-6-5-11(8-15)9-16/h1-4,11,16H,5-6,8-9H2/t11-/m0/s1. The highest BCUT2D eigenvalue weighted by Gasteiger charge is 2.26. The molecule has 0 unspecified atom stereocenters. The third-order valence-electron chi connectivity index (χ3n) is 3.09. The highest BCUT2D eigenvalue weighted by atomic mass is 16.3. The summed E-state index contributed by atoms with van der Waals surface area (Å²) in [7, 11) is 0. The van der Waals surface area contributed by atoms with Crippen LogP contribution in [-0.2, 0) is 0 Å². The molecule has 88 valence electrons. The zero-order valence-electron chi connectivity index (χ0n) is 9.47. The fourth-order valence-corrected chi connectivity index (χ4v) is 2.04. The van der Waals surface area contributed by atoms with Gasteiger partial charge in [-0.25, -0.2) is 0 Å². The molecule has 1 heterocycles. The predicted molar refractivity (Wildman–Crippen MR) is 62.3 cm³/mol. The van der Waals surface area contributed by atoms with Crippen molar-refractivity contribution < 1.29 is 9.90 Å². The van der Waals surface area contributed by atoms with Gasteiger partial charge in [0.25, 0.3) is 5.91 Å². The Morgan fingerprint density at radius 1 is 1.47 bits per heavy atom. The van der Waals surface area contributed by atoms with Crippen LogP contribution in [-0.4, -0.2) is 35.6 Å². The maximum Gasteiger partial charge on any atom is 0.253 e. The van der Waals surface area contributed by atoms with Gasteiger partial charge in [-0.15, -0.1) is 0 Å². The predicted octanol–water partition coefficient (Wildman–Crippen LogP) is 1.01. The fraction of sp³-hybridized carbons (Fsp3) is 0.385. The first-order valence-corrected chi connectivity index (χ1v) is 5.65. The molecule has 1 atom stereocenters. The minimum absolute atomic E-state index is 0.0227. The number of amides is 1. The van der Waals surface area contributed by atoms with E-state index in [0.717, 1.165) is 6.42 Å². The number of carbonyl (C=O) groups excluding carboxylic acids is 1. The second kappa shape index (κ2) is 4.98. The molecule has 0 bridgehead atoms. The summed E-state index contributed by atoms with van der Waals surface area (Å²) in [5.74, 6) is 0.183. The first kappa shape index (κ1) is 11.6. The van der Waals surface area contributed by atoms with Gasteiger partial charge in [0.2, 0.25) is 0 Å². The number of likely N-dealkylation sites (tertiary alicyclic amines) is 1. The quantitative estimate of drug-likeness (QED) is 0.824. The number of carbonyl (C=O) groups is 1. The van der Waals surface area contributed by atoms with Gasteiger partial charge in [0, 0.05) is 31.2 Å². The number of aliphatic hydroxyl groups is 1. The van der Waals surface area contributed by atoms with Crippen LogP contribution >= 0.6 is 0 Å². The lowest BCUT2D eigenvalue weighted by atomic mass is 10.1. The molecule has 1 aliphatic rings. The van der Waals surface area contributed by atoms with Crippen molar-refractivity contribution in [1.82, 2.24) is 4.90 Å². The van der Waals surface area contributed by atoms with Gasteiger partial charge in [0.05, 0.1) is 11.6 Å². The second-order valence-electron chi connectivity index (χ2n) is 4.28. The monoisotopic (exact) mass is 230 g/mol. The average Bonchev–Trinajstić information content (AvgIpc) is 2.87. The van der Waals surface area contributed by atoms with Gasteiger partial charge in [-0.3, -0.25) is 4.79 Å². The van der Waals surface area contributed by atoms with Gasteiger partial charge in [0.1, 0.15) is 0 Å². The van der Waals surface area contributed by atoms with Crippen molar-refractivity contribution in [2.75, 3.05) is 19.7 Å². The number of nitrogens with zero attached hydrogens (tertiary/aromatic N) is 2. The zero-order valence-corrected chi connectivity index (χ0v) is 9.47. The molecular formula is C13H14N2O2. The van der Waals surface area contributed by atoms with Crippen LogP contribution < -0.4 is 0 Å². The van der Waals surface area contributed by atoms with Crippen molar-refractivity contribution in [3.05, 3.63) is 35.4 Å². The van der Waals surface area contributed by atoms with E-state index in [2.05, 4.69) is 0 Å². The molecule has 1 N–H and O–H groups in total. The largest absolute Gasteiger partial charge is 0.396 e. The van der Waals surface area contributed by atoms with Crippen molar-refractivity contribution in [2.45, 2.75) is 6.42 Å². The molecule has 4 heteroatoms. The molecule has 0 radical (unpaired) electrons. The average molecular weight is 230 g/mol. The van der Waals surface area contributed by atoms with Crippen LogP contribution in [0.15, 0.2) is 24.3 Å². The van der Waals surface area contributed by atoms with Crippen molar-refractivity contribution >= 4 is 5.91 Å². The summed E-state index contributed by atoms with van der Waals surface area (Å²) in [4.78, 5) is 13.8. The molecule has 1 aliphatic heterocycles. The lowest BCUT2D eigenvalue weighted by Gasteiger charge is -2.16. The smallest absolute Gasteiger partial charge is 0.253 e. The van der Waals surface area contributed by atoms with Gasteiger partial charge in [-0.05, 0) is 30.7 Å². The van der Waals surface area contributed by atoms with E-state index in [0.29, 0.717) is 24.2 Å². The molecule has 17 heavy (non-hydrogen) atoms. The van der Waals surface area contributed by atoms with E-state index < -0.39 is 0 Å². The molecule has 1 saturated heterocycles. The second-order valence-corrected chi connectivity index (χ2v) is 4.28. The van der Waals surface area contributed by atoms with Gasteiger partial charge in [0.15, 0.2) is 0 Å². The number of aliphatic hydroxyl groups excluding tert-OH is 1. The molecule has 0 aromatic heterocycles. The maximum absolute atomic E-state index is 12.1. The van der Waals surface area contributed by atoms with E-state index in [4.69, 9.17) is 10.4 Å². The van der Waals surface area contributed by atoms with E-state index in [1.807, 2.05) is 6.07 Å². The first-order valence-electron chi connectivity index (χ1n) is 5.65. The third-order valence-corrected chi connectivity index (χ3v) is 3.09. The van der Waals surface area contributed by atoms with Crippen molar-refractivity contribution in [3.63, 3.8) is 0 Å². The number of hydrogen-bond donors (Lipinski definition) is 1. The van der Waals surface area contributed by atoms with Crippen LogP contribution in [0.25, 0.3) is 0 Å². The van der Waals surface area contributed by atoms with Crippen molar-refractivity contribution in [2.24, 2.45) is 5.92 Å². The Bertz CT molecular complexity index is 447. The Hall–Kier alpha value is -1.86. The summed E-state index contributed by atoms with van der Waals surface area (Å²) in [6, 6.07) is 8.66. The summed E-state index contributed by atoms with van der Waals surface area (Å²) < 4.78 is 0. The van der Waals surface area contributed by atoms with E-state index in [1.54, 1.807) is 29.2 Å². The molecule has 0 aliphatic carbocycles. The summed E-state index contributed by atoms with van der Waals surface area (Å²) in [6.07, 6.45) is 0.860. The minimum atomic E-state index is -0.0227. The number of nitriles is 1. The molecule has 0 spiro atoms. The Labute approximate surface area is 100 Å². The van der Waals surface area contributed by atoms with Gasteiger partial charge in [-0.2, -0.15) is 5.26 Å². The summed E-state index contributed by atoms with van der Waals surface area (Å²) in [5.41, 5.74) is 1.15. The lowest BCUT2D eigenvalue weighted by Crippen LogP contribution is -2.29. The maximum atomic E-state index is 12.1. The number of hydrogen-bond acceptors (Lipinski definition) is 3. The van der Waals surface area contributed by atoms with Crippen LogP contribution in [0, 0.1) is 17.2 Å². The van der Waals surface area contributed by atoms with Crippen molar-refractivity contribution in [3.8, 4) is 6.07 Å². The van der Waals surface area contributed by atoms with E-state index in [-0.39, 0.29) is 18.4 Å². The molecule has 0 saturated carbocycles. The molecule has 2 rings (SSSR count). The molecule has 1 aromatic carbocycles. The van der Waals surface area contributed by atoms with Crippen LogP contribution in [0.3, 0.4) is 0 Å². The summed E-state index contributed by atoms with van der Waals surface area (Å²) >= 11 is 0. The van der Waals surface area contributed by atoms with Crippen LogP contribution in [0.2, 0.25) is 0 Å². The first-order chi connectivity index (χ1) is 8.24. The van der Waals surface area contributed by atoms with E-state index in [1.165, 1.54) is 0 Å². The molecule has 4 nitrogen and oxygen atoms in total. The van der Waals surface area contributed by atoms with Gasteiger partial charge >= 0.3 is 0 Å². The van der Waals surface area contributed by atoms with E-state index in [9.17, 15) is 4.79 Å². The molecule has 1 amide bonds. The van der Waals surface area contributed by atoms with Crippen LogP contribution in [0.4, 0.5) is 0 Å². The Kier molecular flexibility index (Phi) is 3.40. The number of benzene rings is 1. The normalized spacial score (nSPS) is 19.1. The SMILES string of the molecule is N#Cc1ccc(C(=O)N2CC[C@H](CO)C2)cc1. The Morgan fingerprint density at radius 3 is 2.71 bits per heavy atom. The highest BCUT2D eigenvalue weighted by Crippen LogP contribution is 2.18. The molecule has 1 fully saturated rings. The zero-order chi connectivity index (χ0) is 12.3. The minimum Gasteiger partial charge on any atom is -0.396 e. The third kappa shape index (κ3) is 2.45. The number of rotatable bonds is 2. The van der Waals surface area contributed by atoms with Crippen LogP contribution in [0.5, 0.6) is 0 Å². The van der Waals surface area contributed by atoms with Gasteiger partial charge < -0.3 is 10.0 Å². The highest BCUT2D eigenvalue weighted by molar-refractivity contribution is 5.94. The van der Waals surface area contributed by atoms with Crippen LogP contribution in [0.1, 0.15) is 22.3 Å².